The molecular weight excluding hydrogens is 350 g/mol. The standard InChI is InChI=1S/C19H17N3O3S/c1-12-10-20-19(26-12)21-17(23)15-9-13-5-2-3-6-14(13)11-22(15)18(24)16-7-4-8-25-16/h2-8,10,15H,9,11H2,1H3,(H,20,21,23)/t15-/m1/s1. The molecule has 132 valence electrons. The summed E-state index contributed by atoms with van der Waals surface area (Å²) < 4.78 is 5.25. The van der Waals surface area contributed by atoms with Crippen molar-refractivity contribution in [3.63, 3.8) is 0 Å². The number of benzene rings is 1. The third kappa shape index (κ3) is 3.13. The van der Waals surface area contributed by atoms with E-state index in [1.807, 2.05) is 31.2 Å². The molecule has 6 nitrogen and oxygen atoms in total. The van der Waals surface area contributed by atoms with Crippen molar-refractivity contribution in [1.29, 1.82) is 0 Å². The predicted molar refractivity (Wildman–Crippen MR) is 98.0 cm³/mol. The highest BCUT2D eigenvalue weighted by Crippen LogP contribution is 2.26. The molecule has 7 heteroatoms. The van der Waals surface area contributed by atoms with Gasteiger partial charge < -0.3 is 14.6 Å². The molecule has 0 bridgehead atoms. The van der Waals surface area contributed by atoms with Gasteiger partial charge in [-0.2, -0.15) is 0 Å². The summed E-state index contributed by atoms with van der Waals surface area (Å²) >= 11 is 1.41. The van der Waals surface area contributed by atoms with Crippen LogP contribution in [0.15, 0.2) is 53.3 Å². The summed E-state index contributed by atoms with van der Waals surface area (Å²) in [6, 6.07) is 10.5. The van der Waals surface area contributed by atoms with Gasteiger partial charge >= 0.3 is 0 Å². The summed E-state index contributed by atoms with van der Waals surface area (Å²) in [5.41, 5.74) is 2.12. The fourth-order valence-electron chi connectivity index (χ4n) is 3.11. The molecule has 1 aromatic carbocycles. The van der Waals surface area contributed by atoms with Gasteiger partial charge in [-0.25, -0.2) is 4.98 Å². The Hall–Kier alpha value is -2.93. The number of fused-ring (bicyclic) bond motifs is 1. The largest absolute Gasteiger partial charge is 0.459 e. The lowest BCUT2D eigenvalue weighted by Gasteiger charge is -2.35. The summed E-state index contributed by atoms with van der Waals surface area (Å²) in [6.07, 6.45) is 3.62. The molecule has 4 rings (SSSR count). The smallest absolute Gasteiger partial charge is 0.290 e. The minimum atomic E-state index is -0.619. The minimum absolute atomic E-state index is 0.229. The van der Waals surface area contributed by atoms with E-state index < -0.39 is 6.04 Å². The maximum atomic E-state index is 12.9. The van der Waals surface area contributed by atoms with Crippen LogP contribution in [0.5, 0.6) is 0 Å². The van der Waals surface area contributed by atoms with E-state index in [0.717, 1.165) is 16.0 Å². The van der Waals surface area contributed by atoms with Crippen LogP contribution in [0.4, 0.5) is 5.13 Å². The van der Waals surface area contributed by atoms with Gasteiger partial charge in [-0.15, -0.1) is 11.3 Å². The highest BCUT2D eigenvalue weighted by Gasteiger charge is 2.36. The number of anilines is 1. The Balaban J connectivity index is 1.64. The number of hydrogen-bond donors (Lipinski definition) is 1. The Morgan fingerprint density at radius 2 is 2.04 bits per heavy atom. The van der Waals surface area contributed by atoms with Crippen LogP contribution < -0.4 is 5.32 Å². The maximum absolute atomic E-state index is 12.9. The normalized spacial score (nSPS) is 16.2. The first kappa shape index (κ1) is 16.5. The zero-order valence-electron chi connectivity index (χ0n) is 14.1. The molecule has 0 saturated heterocycles. The molecule has 0 radical (unpaired) electrons. The number of aromatic nitrogens is 1. The van der Waals surface area contributed by atoms with Crippen molar-refractivity contribution in [3.8, 4) is 0 Å². The van der Waals surface area contributed by atoms with E-state index >= 15 is 0 Å². The molecule has 1 aliphatic rings. The van der Waals surface area contributed by atoms with Gasteiger partial charge in [0, 0.05) is 24.0 Å². The average molecular weight is 367 g/mol. The molecule has 3 aromatic rings. The Morgan fingerprint density at radius 3 is 2.73 bits per heavy atom. The second kappa shape index (κ2) is 6.76. The lowest BCUT2D eigenvalue weighted by molar-refractivity contribution is -0.121. The molecule has 0 aliphatic carbocycles. The zero-order valence-corrected chi connectivity index (χ0v) is 15.0. The van der Waals surface area contributed by atoms with Gasteiger partial charge in [0.25, 0.3) is 5.91 Å². The van der Waals surface area contributed by atoms with Crippen LogP contribution in [0.1, 0.15) is 26.6 Å². The summed E-state index contributed by atoms with van der Waals surface area (Å²) in [4.78, 5) is 32.5. The molecule has 3 heterocycles. The van der Waals surface area contributed by atoms with Gasteiger partial charge in [0.2, 0.25) is 5.91 Å². The Bertz CT molecular complexity index is 949. The molecule has 0 fully saturated rings. The number of nitrogens with zero attached hydrogens (tertiary/aromatic N) is 2. The van der Waals surface area contributed by atoms with Crippen molar-refractivity contribution in [2.75, 3.05) is 5.32 Å². The quantitative estimate of drug-likeness (QED) is 0.771. The van der Waals surface area contributed by atoms with Crippen LogP contribution >= 0.6 is 11.3 Å². The molecule has 0 unspecified atom stereocenters. The van der Waals surface area contributed by atoms with Gasteiger partial charge in [0.1, 0.15) is 6.04 Å². The van der Waals surface area contributed by atoms with Crippen molar-refractivity contribution in [1.82, 2.24) is 9.88 Å². The van der Waals surface area contributed by atoms with E-state index in [9.17, 15) is 9.59 Å². The van der Waals surface area contributed by atoms with E-state index in [2.05, 4.69) is 10.3 Å². The van der Waals surface area contributed by atoms with Crippen LogP contribution in [0.25, 0.3) is 0 Å². The van der Waals surface area contributed by atoms with Crippen LogP contribution in [0.3, 0.4) is 0 Å². The van der Waals surface area contributed by atoms with Crippen LogP contribution in [-0.2, 0) is 17.8 Å². The molecule has 0 saturated carbocycles. The number of carbonyl (C=O) groups is 2. The fraction of sp³-hybridized carbons (Fsp3) is 0.211. The molecule has 2 aromatic heterocycles. The summed E-state index contributed by atoms with van der Waals surface area (Å²) in [6.45, 7) is 2.29. The lowest BCUT2D eigenvalue weighted by Crippen LogP contribution is -2.50. The molecular formula is C19H17N3O3S. The van der Waals surface area contributed by atoms with Gasteiger partial charge in [0.05, 0.1) is 6.26 Å². The third-order valence-electron chi connectivity index (χ3n) is 4.40. The van der Waals surface area contributed by atoms with Gasteiger partial charge in [-0.05, 0) is 30.2 Å². The fourth-order valence-corrected chi connectivity index (χ4v) is 3.78. The molecule has 2 amide bonds. The Morgan fingerprint density at radius 1 is 1.23 bits per heavy atom. The number of aryl methyl sites for hydroxylation is 1. The van der Waals surface area contributed by atoms with Crippen LogP contribution in [0.2, 0.25) is 0 Å². The minimum Gasteiger partial charge on any atom is -0.459 e. The highest BCUT2D eigenvalue weighted by molar-refractivity contribution is 7.15. The predicted octanol–water partition coefficient (Wildman–Crippen LogP) is 3.25. The van der Waals surface area contributed by atoms with Crippen molar-refractivity contribution in [2.45, 2.75) is 25.9 Å². The first-order chi connectivity index (χ1) is 12.6. The maximum Gasteiger partial charge on any atom is 0.290 e. The number of nitrogens with one attached hydrogen (secondary N) is 1. The van der Waals surface area contributed by atoms with Gasteiger partial charge in [0.15, 0.2) is 10.9 Å². The summed E-state index contributed by atoms with van der Waals surface area (Å²) in [7, 11) is 0. The lowest BCUT2D eigenvalue weighted by atomic mass is 9.93. The molecule has 1 atom stereocenters. The summed E-state index contributed by atoms with van der Waals surface area (Å²) in [5, 5.41) is 3.38. The highest BCUT2D eigenvalue weighted by atomic mass is 32.1. The monoisotopic (exact) mass is 367 g/mol. The van der Waals surface area contributed by atoms with Crippen molar-refractivity contribution in [2.24, 2.45) is 0 Å². The van der Waals surface area contributed by atoms with E-state index in [-0.39, 0.29) is 17.6 Å². The molecule has 0 spiro atoms. The number of rotatable bonds is 3. The van der Waals surface area contributed by atoms with E-state index in [1.165, 1.54) is 17.6 Å². The Kier molecular flexibility index (Phi) is 4.30. The second-order valence-corrected chi connectivity index (χ2v) is 7.40. The van der Waals surface area contributed by atoms with Crippen molar-refractivity contribution >= 4 is 28.3 Å². The third-order valence-corrected chi connectivity index (χ3v) is 5.22. The van der Waals surface area contributed by atoms with E-state index in [4.69, 9.17) is 4.42 Å². The van der Waals surface area contributed by atoms with Gasteiger partial charge in [-0.3, -0.25) is 9.59 Å². The van der Waals surface area contributed by atoms with Crippen molar-refractivity contribution < 1.29 is 14.0 Å². The number of hydrogen-bond acceptors (Lipinski definition) is 5. The molecule has 1 aliphatic heterocycles. The number of carbonyl (C=O) groups excluding carboxylic acids is 2. The number of furan rings is 1. The average Bonchev–Trinajstić information content (AvgIpc) is 3.32. The number of thiazole rings is 1. The SMILES string of the molecule is Cc1cnc(NC(=O)[C@H]2Cc3ccccc3CN2C(=O)c2ccco2)s1. The Labute approximate surface area is 154 Å². The number of amides is 2. The van der Waals surface area contributed by atoms with Gasteiger partial charge in [-0.1, -0.05) is 24.3 Å². The molecule has 26 heavy (non-hydrogen) atoms. The summed E-state index contributed by atoms with van der Waals surface area (Å²) in [5.74, 6) is -0.305. The zero-order chi connectivity index (χ0) is 18.1. The van der Waals surface area contributed by atoms with Crippen molar-refractivity contribution in [3.05, 3.63) is 70.6 Å². The van der Waals surface area contributed by atoms with Crippen LogP contribution in [-0.4, -0.2) is 27.7 Å². The first-order valence-corrected chi connectivity index (χ1v) is 9.08. The topological polar surface area (TPSA) is 75.4 Å². The van der Waals surface area contributed by atoms with Crippen LogP contribution in [0, 0.1) is 6.92 Å². The second-order valence-electron chi connectivity index (χ2n) is 6.16. The first-order valence-electron chi connectivity index (χ1n) is 8.26. The van der Waals surface area contributed by atoms with E-state index in [1.54, 1.807) is 23.2 Å². The molecule has 1 N–H and O–H groups in total. The van der Waals surface area contributed by atoms with E-state index in [0.29, 0.717) is 18.1 Å².